The molecule has 2 aromatic rings. The Hall–Kier alpha value is -3.02. The summed E-state index contributed by atoms with van der Waals surface area (Å²) in [6.07, 6.45) is 0.109. The van der Waals surface area contributed by atoms with E-state index in [1.807, 2.05) is 0 Å². The van der Waals surface area contributed by atoms with Crippen LogP contribution in [0.5, 0.6) is 23.0 Å². The molecule has 2 aromatic carbocycles. The minimum Gasteiger partial charge on any atom is -0.497 e. The number of hydrogen-bond donors (Lipinski definition) is 0. The minimum atomic E-state index is -0.413. The Labute approximate surface area is 139 Å². The zero-order valence-electron chi connectivity index (χ0n) is 13.5. The first-order valence-electron chi connectivity index (χ1n) is 7.33. The third-order valence-corrected chi connectivity index (χ3v) is 2.95. The van der Waals surface area contributed by atoms with Crippen molar-refractivity contribution in [3.05, 3.63) is 48.5 Å². The first-order chi connectivity index (χ1) is 11.6. The van der Waals surface area contributed by atoms with Crippen molar-refractivity contribution in [3.63, 3.8) is 0 Å². The molecule has 24 heavy (non-hydrogen) atoms. The summed E-state index contributed by atoms with van der Waals surface area (Å²) < 4.78 is 20.6. The van der Waals surface area contributed by atoms with Gasteiger partial charge in [0.2, 0.25) is 0 Å². The van der Waals surface area contributed by atoms with E-state index in [2.05, 4.69) is 0 Å². The van der Waals surface area contributed by atoms with E-state index in [4.69, 9.17) is 18.9 Å². The second-order valence-corrected chi connectivity index (χ2v) is 4.81. The molecule has 0 radical (unpaired) electrons. The van der Waals surface area contributed by atoms with Crippen LogP contribution in [0.4, 0.5) is 0 Å². The molecule has 6 nitrogen and oxygen atoms in total. The van der Waals surface area contributed by atoms with Crippen LogP contribution in [0.3, 0.4) is 0 Å². The van der Waals surface area contributed by atoms with Crippen molar-refractivity contribution in [1.82, 2.24) is 0 Å². The lowest BCUT2D eigenvalue weighted by Crippen LogP contribution is -2.12. The number of methoxy groups -OCH3 is 1. The summed E-state index contributed by atoms with van der Waals surface area (Å²) >= 11 is 0. The lowest BCUT2D eigenvalue weighted by atomic mass is 10.3. The fraction of sp³-hybridized carbons (Fsp3) is 0.222. The molecule has 126 valence electrons. The Morgan fingerprint density at radius 2 is 1.29 bits per heavy atom. The summed E-state index contributed by atoms with van der Waals surface area (Å²) in [5.41, 5.74) is 0. The number of rotatable bonds is 7. The Balaban J connectivity index is 1.75. The van der Waals surface area contributed by atoms with Gasteiger partial charge in [-0.15, -0.1) is 0 Å². The van der Waals surface area contributed by atoms with Crippen molar-refractivity contribution in [2.45, 2.75) is 13.3 Å². The molecule has 0 aliphatic carbocycles. The molecule has 0 unspecified atom stereocenters. The van der Waals surface area contributed by atoms with Gasteiger partial charge in [-0.1, -0.05) is 0 Å². The molecule has 0 aromatic heterocycles. The molecule has 2 rings (SSSR count). The first-order valence-corrected chi connectivity index (χ1v) is 7.33. The van der Waals surface area contributed by atoms with E-state index in [-0.39, 0.29) is 13.0 Å². The maximum Gasteiger partial charge on any atom is 0.314 e. The van der Waals surface area contributed by atoms with Crippen LogP contribution < -0.4 is 18.9 Å². The number of esters is 2. The highest BCUT2D eigenvalue weighted by Gasteiger charge is 2.06. The molecule has 0 fully saturated rings. The molecule has 0 bridgehead atoms. The molecular formula is C18H18O6. The fourth-order valence-electron chi connectivity index (χ4n) is 1.85. The quantitative estimate of drug-likeness (QED) is 0.574. The van der Waals surface area contributed by atoms with Crippen LogP contribution in [0.25, 0.3) is 0 Å². The molecule has 0 atom stereocenters. The highest BCUT2D eigenvalue weighted by molar-refractivity contribution is 5.72. The predicted molar refractivity (Wildman–Crippen MR) is 86.5 cm³/mol. The molecule has 0 saturated heterocycles. The summed E-state index contributed by atoms with van der Waals surface area (Å²) in [6.45, 7) is 1.52. The number of carbonyl (C=O) groups excluding carboxylic acids is 2. The molecule has 0 amide bonds. The van der Waals surface area contributed by atoms with Crippen LogP contribution in [0.2, 0.25) is 0 Å². The standard InChI is InChI=1S/C18H18O6/c1-13(19)23-16-7-9-17(10-8-16)24-18(20)11-12-22-15-5-3-14(21-2)4-6-15/h3-10H,11-12H2,1-2H3. The van der Waals surface area contributed by atoms with Crippen molar-refractivity contribution in [1.29, 1.82) is 0 Å². The summed E-state index contributed by atoms with van der Waals surface area (Å²) in [5.74, 6) is 1.33. The Kier molecular flexibility index (Phi) is 6.19. The average molecular weight is 330 g/mol. The normalized spacial score (nSPS) is 9.92. The summed E-state index contributed by atoms with van der Waals surface area (Å²) in [4.78, 5) is 22.6. The highest BCUT2D eigenvalue weighted by Crippen LogP contribution is 2.19. The van der Waals surface area contributed by atoms with Crippen LogP contribution >= 0.6 is 0 Å². The number of hydrogen-bond acceptors (Lipinski definition) is 6. The van der Waals surface area contributed by atoms with Crippen LogP contribution in [0.15, 0.2) is 48.5 Å². The lowest BCUT2D eigenvalue weighted by molar-refractivity contribution is -0.135. The summed E-state index contributed by atoms with van der Waals surface area (Å²) in [6, 6.07) is 13.3. The van der Waals surface area contributed by atoms with Gasteiger partial charge in [-0.05, 0) is 48.5 Å². The van der Waals surface area contributed by atoms with Gasteiger partial charge in [0.05, 0.1) is 20.1 Å². The molecule has 0 heterocycles. The SMILES string of the molecule is COc1ccc(OCCC(=O)Oc2ccc(OC(C)=O)cc2)cc1. The number of ether oxygens (including phenoxy) is 4. The average Bonchev–Trinajstić information content (AvgIpc) is 2.57. The Morgan fingerprint density at radius 1 is 0.792 bits per heavy atom. The number of benzene rings is 2. The van der Waals surface area contributed by atoms with Gasteiger partial charge in [-0.2, -0.15) is 0 Å². The van der Waals surface area contributed by atoms with E-state index in [0.717, 1.165) is 5.75 Å². The molecule has 0 N–H and O–H groups in total. The monoisotopic (exact) mass is 330 g/mol. The molecule has 0 saturated carbocycles. The molecule has 6 heteroatoms. The largest absolute Gasteiger partial charge is 0.497 e. The summed E-state index contributed by atoms with van der Waals surface area (Å²) in [5, 5.41) is 0. The van der Waals surface area contributed by atoms with Gasteiger partial charge in [0.25, 0.3) is 0 Å². The lowest BCUT2D eigenvalue weighted by Gasteiger charge is -2.08. The second kappa shape index (κ2) is 8.57. The van der Waals surface area contributed by atoms with Crippen LogP contribution in [0.1, 0.15) is 13.3 Å². The van der Waals surface area contributed by atoms with Gasteiger partial charge in [0.1, 0.15) is 23.0 Å². The van der Waals surface area contributed by atoms with Gasteiger partial charge in [0, 0.05) is 6.92 Å². The van der Waals surface area contributed by atoms with E-state index in [1.54, 1.807) is 55.6 Å². The van der Waals surface area contributed by atoms with Crippen molar-refractivity contribution >= 4 is 11.9 Å². The van der Waals surface area contributed by atoms with Crippen LogP contribution in [-0.2, 0) is 9.59 Å². The van der Waals surface area contributed by atoms with Gasteiger partial charge < -0.3 is 18.9 Å². The predicted octanol–water partition coefficient (Wildman–Crippen LogP) is 3.00. The van der Waals surface area contributed by atoms with Crippen molar-refractivity contribution in [3.8, 4) is 23.0 Å². The molecular weight excluding hydrogens is 312 g/mol. The fourth-order valence-corrected chi connectivity index (χ4v) is 1.85. The Morgan fingerprint density at radius 3 is 1.83 bits per heavy atom. The van der Waals surface area contributed by atoms with E-state index in [9.17, 15) is 9.59 Å². The third kappa shape index (κ3) is 5.64. The van der Waals surface area contributed by atoms with E-state index in [1.165, 1.54) is 6.92 Å². The van der Waals surface area contributed by atoms with Gasteiger partial charge in [-0.25, -0.2) is 0 Å². The summed E-state index contributed by atoms with van der Waals surface area (Å²) in [7, 11) is 1.59. The van der Waals surface area contributed by atoms with Crippen LogP contribution in [-0.4, -0.2) is 25.7 Å². The van der Waals surface area contributed by atoms with Crippen molar-refractivity contribution < 1.29 is 28.5 Å². The third-order valence-electron chi connectivity index (χ3n) is 2.95. The van der Waals surface area contributed by atoms with Crippen molar-refractivity contribution in [2.75, 3.05) is 13.7 Å². The topological polar surface area (TPSA) is 71.1 Å². The van der Waals surface area contributed by atoms with E-state index in [0.29, 0.717) is 17.2 Å². The van der Waals surface area contributed by atoms with Gasteiger partial charge in [0.15, 0.2) is 0 Å². The van der Waals surface area contributed by atoms with Gasteiger partial charge in [-0.3, -0.25) is 9.59 Å². The molecule has 0 aliphatic heterocycles. The van der Waals surface area contributed by atoms with Gasteiger partial charge >= 0.3 is 11.9 Å². The minimum absolute atomic E-state index is 0.109. The highest BCUT2D eigenvalue weighted by atomic mass is 16.5. The zero-order valence-corrected chi connectivity index (χ0v) is 13.5. The van der Waals surface area contributed by atoms with Crippen LogP contribution in [0, 0.1) is 0 Å². The smallest absolute Gasteiger partial charge is 0.314 e. The zero-order chi connectivity index (χ0) is 17.4. The number of carbonyl (C=O) groups is 2. The van der Waals surface area contributed by atoms with E-state index < -0.39 is 11.9 Å². The first kappa shape index (κ1) is 17.3. The molecule has 0 aliphatic rings. The second-order valence-electron chi connectivity index (χ2n) is 4.81. The van der Waals surface area contributed by atoms with Crippen molar-refractivity contribution in [2.24, 2.45) is 0 Å². The maximum absolute atomic E-state index is 11.8. The molecule has 0 spiro atoms. The Bertz CT molecular complexity index is 676. The van der Waals surface area contributed by atoms with E-state index >= 15 is 0 Å². The maximum atomic E-state index is 11.8.